The Bertz CT molecular complexity index is 434. The van der Waals surface area contributed by atoms with Crippen LogP contribution in [0.15, 0.2) is 4.52 Å². The van der Waals surface area contributed by atoms with Gasteiger partial charge in [-0.3, -0.25) is 0 Å². The molecule has 0 radical (unpaired) electrons. The Kier molecular flexibility index (Phi) is 4.36. The SMILES string of the molecule is Cc1noc(CNC(=O)N(C)CC2CCCC2O)n1. The number of rotatable bonds is 4. The smallest absolute Gasteiger partial charge is 0.317 e. The van der Waals surface area contributed by atoms with E-state index in [2.05, 4.69) is 15.5 Å². The molecule has 1 fully saturated rings. The maximum atomic E-state index is 11.9. The second-order valence-electron chi connectivity index (χ2n) is 5.03. The van der Waals surface area contributed by atoms with Gasteiger partial charge in [-0.05, 0) is 19.8 Å². The molecule has 2 amide bonds. The summed E-state index contributed by atoms with van der Waals surface area (Å²) in [4.78, 5) is 17.5. The molecule has 7 nitrogen and oxygen atoms in total. The molecule has 2 rings (SSSR count). The summed E-state index contributed by atoms with van der Waals surface area (Å²) < 4.78 is 4.91. The Hall–Kier alpha value is -1.63. The lowest BCUT2D eigenvalue weighted by Gasteiger charge is -2.23. The van der Waals surface area contributed by atoms with Gasteiger partial charge < -0.3 is 19.8 Å². The van der Waals surface area contributed by atoms with E-state index in [4.69, 9.17) is 4.52 Å². The van der Waals surface area contributed by atoms with Gasteiger partial charge in [-0.25, -0.2) is 4.79 Å². The zero-order valence-corrected chi connectivity index (χ0v) is 11.3. The Morgan fingerprint density at radius 1 is 1.58 bits per heavy atom. The zero-order valence-electron chi connectivity index (χ0n) is 11.3. The third-order valence-corrected chi connectivity index (χ3v) is 3.43. The van der Waals surface area contributed by atoms with Crippen LogP contribution in [0.1, 0.15) is 31.0 Å². The van der Waals surface area contributed by atoms with Crippen molar-refractivity contribution in [2.24, 2.45) is 5.92 Å². The van der Waals surface area contributed by atoms with Gasteiger partial charge in [0.05, 0.1) is 12.6 Å². The minimum absolute atomic E-state index is 0.182. The van der Waals surface area contributed by atoms with Crippen LogP contribution in [0.5, 0.6) is 0 Å². The number of nitrogens with zero attached hydrogens (tertiary/aromatic N) is 3. The highest BCUT2D eigenvalue weighted by Crippen LogP contribution is 2.25. The molecule has 2 atom stereocenters. The van der Waals surface area contributed by atoms with Crippen molar-refractivity contribution >= 4 is 6.03 Å². The number of carbonyl (C=O) groups is 1. The summed E-state index contributed by atoms with van der Waals surface area (Å²) in [6.07, 6.45) is 2.56. The van der Waals surface area contributed by atoms with Gasteiger partial charge in [0.2, 0.25) is 5.89 Å². The van der Waals surface area contributed by atoms with E-state index in [1.807, 2.05) is 0 Å². The lowest BCUT2D eigenvalue weighted by Crippen LogP contribution is -2.40. The average Bonchev–Trinajstić information content (AvgIpc) is 2.96. The molecule has 1 heterocycles. The fourth-order valence-electron chi connectivity index (χ4n) is 2.36. The van der Waals surface area contributed by atoms with Gasteiger partial charge in [-0.1, -0.05) is 11.6 Å². The quantitative estimate of drug-likeness (QED) is 0.838. The van der Waals surface area contributed by atoms with Crippen molar-refractivity contribution in [1.82, 2.24) is 20.4 Å². The van der Waals surface area contributed by atoms with E-state index in [1.54, 1.807) is 18.9 Å². The number of urea groups is 1. The van der Waals surface area contributed by atoms with Crippen LogP contribution in [-0.4, -0.2) is 45.9 Å². The molecule has 0 saturated heterocycles. The highest BCUT2D eigenvalue weighted by molar-refractivity contribution is 5.73. The van der Waals surface area contributed by atoms with E-state index >= 15 is 0 Å². The topological polar surface area (TPSA) is 91.5 Å². The second kappa shape index (κ2) is 6.01. The van der Waals surface area contributed by atoms with Crippen molar-refractivity contribution in [3.05, 3.63) is 11.7 Å². The van der Waals surface area contributed by atoms with Crippen LogP contribution in [-0.2, 0) is 6.54 Å². The van der Waals surface area contributed by atoms with Gasteiger partial charge in [-0.2, -0.15) is 4.98 Å². The summed E-state index contributed by atoms with van der Waals surface area (Å²) >= 11 is 0. The summed E-state index contributed by atoms with van der Waals surface area (Å²) in [5.41, 5.74) is 0. The molecule has 2 N–H and O–H groups in total. The van der Waals surface area contributed by atoms with Crippen molar-refractivity contribution in [3.63, 3.8) is 0 Å². The molecule has 1 aliphatic rings. The van der Waals surface area contributed by atoms with Gasteiger partial charge in [0.15, 0.2) is 5.82 Å². The van der Waals surface area contributed by atoms with E-state index in [0.717, 1.165) is 19.3 Å². The minimum Gasteiger partial charge on any atom is -0.393 e. The molecule has 7 heteroatoms. The maximum absolute atomic E-state index is 11.9. The van der Waals surface area contributed by atoms with E-state index in [0.29, 0.717) is 18.3 Å². The number of aryl methyl sites for hydroxylation is 1. The van der Waals surface area contributed by atoms with Gasteiger partial charge in [0.25, 0.3) is 0 Å². The molecular weight excluding hydrogens is 248 g/mol. The summed E-state index contributed by atoms with van der Waals surface area (Å²) in [5.74, 6) is 1.12. The number of aliphatic hydroxyl groups is 1. The molecule has 1 aromatic rings. The number of hydrogen-bond donors (Lipinski definition) is 2. The van der Waals surface area contributed by atoms with Gasteiger partial charge in [-0.15, -0.1) is 0 Å². The highest BCUT2D eigenvalue weighted by Gasteiger charge is 2.27. The first-order valence-corrected chi connectivity index (χ1v) is 6.52. The summed E-state index contributed by atoms with van der Waals surface area (Å²) in [7, 11) is 1.72. The molecule has 1 aliphatic carbocycles. The van der Waals surface area contributed by atoms with Crippen LogP contribution >= 0.6 is 0 Å². The third-order valence-electron chi connectivity index (χ3n) is 3.43. The first-order valence-electron chi connectivity index (χ1n) is 6.52. The highest BCUT2D eigenvalue weighted by atomic mass is 16.5. The number of aliphatic hydroxyl groups excluding tert-OH is 1. The van der Waals surface area contributed by atoms with E-state index in [-0.39, 0.29) is 24.6 Å². The minimum atomic E-state index is -0.283. The molecular formula is C12H20N4O3. The molecule has 2 unspecified atom stereocenters. The molecule has 1 saturated carbocycles. The Labute approximate surface area is 112 Å². The van der Waals surface area contributed by atoms with Gasteiger partial charge in [0.1, 0.15) is 0 Å². The number of aromatic nitrogens is 2. The Balaban J connectivity index is 1.76. The normalized spacial score (nSPS) is 22.5. The maximum Gasteiger partial charge on any atom is 0.317 e. The van der Waals surface area contributed by atoms with Crippen LogP contribution < -0.4 is 5.32 Å². The van der Waals surface area contributed by atoms with E-state index in [1.165, 1.54) is 0 Å². The van der Waals surface area contributed by atoms with Crippen molar-refractivity contribution in [2.75, 3.05) is 13.6 Å². The lowest BCUT2D eigenvalue weighted by atomic mass is 10.1. The number of carbonyl (C=O) groups excluding carboxylic acids is 1. The molecule has 106 valence electrons. The number of amides is 2. The third kappa shape index (κ3) is 3.66. The average molecular weight is 268 g/mol. The van der Waals surface area contributed by atoms with E-state index < -0.39 is 0 Å². The van der Waals surface area contributed by atoms with Gasteiger partial charge >= 0.3 is 6.03 Å². The van der Waals surface area contributed by atoms with Crippen LogP contribution in [0.25, 0.3) is 0 Å². The second-order valence-corrected chi connectivity index (χ2v) is 5.03. The fourth-order valence-corrected chi connectivity index (χ4v) is 2.36. The standard InChI is InChI=1S/C12H20N4O3/c1-8-14-11(19-15-8)6-13-12(18)16(2)7-9-4-3-5-10(9)17/h9-10,17H,3-7H2,1-2H3,(H,13,18). The Morgan fingerprint density at radius 3 is 2.95 bits per heavy atom. The van der Waals surface area contributed by atoms with Crippen LogP contribution in [0, 0.1) is 12.8 Å². The van der Waals surface area contributed by atoms with Crippen molar-refractivity contribution in [1.29, 1.82) is 0 Å². The number of nitrogens with one attached hydrogen (secondary N) is 1. The lowest BCUT2D eigenvalue weighted by molar-refractivity contribution is 0.113. The summed E-state index contributed by atoms with van der Waals surface area (Å²) in [6, 6.07) is -0.199. The predicted molar refractivity (Wildman–Crippen MR) is 67.2 cm³/mol. The fraction of sp³-hybridized carbons (Fsp3) is 0.750. The van der Waals surface area contributed by atoms with Crippen molar-refractivity contribution in [3.8, 4) is 0 Å². The molecule has 0 aliphatic heterocycles. The van der Waals surface area contributed by atoms with Crippen LogP contribution in [0.4, 0.5) is 4.79 Å². The zero-order chi connectivity index (χ0) is 13.8. The number of hydrogen-bond acceptors (Lipinski definition) is 5. The predicted octanol–water partition coefficient (Wildman–Crippen LogP) is 0.680. The first kappa shape index (κ1) is 13.8. The molecule has 1 aromatic heterocycles. The van der Waals surface area contributed by atoms with Crippen molar-refractivity contribution < 1.29 is 14.4 Å². The van der Waals surface area contributed by atoms with Crippen LogP contribution in [0.2, 0.25) is 0 Å². The van der Waals surface area contributed by atoms with E-state index in [9.17, 15) is 9.90 Å². The molecule has 19 heavy (non-hydrogen) atoms. The summed E-state index contributed by atoms with van der Waals surface area (Å²) in [6.45, 7) is 2.51. The largest absolute Gasteiger partial charge is 0.393 e. The Morgan fingerprint density at radius 2 is 2.37 bits per heavy atom. The van der Waals surface area contributed by atoms with Crippen molar-refractivity contribution in [2.45, 2.75) is 38.8 Å². The first-order chi connectivity index (χ1) is 9.06. The van der Waals surface area contributed by atoms with Gasteiger partial charge in [0, 0.05) is 19.5 Å². The summed E-state index contributed by atoms with van der Waals surface area (Å²) in [5, 5.41) is 16.1. The monoisotopic (exact) mass is 268 g/mol. The van der Waals surface area contributed by atoms with Crippen LogP contribution in [0.3, 0.4) is 0 Å². The molecule has 0 bridgehead atoms. The molecule has 0 aromatic carbocycles. The molecule has 0 spiro atoms.